The van der Waals surface area contributed by atoms with E-state index < -0.39 is 24.6 Å². The van der Waals surface area contributed by atoms with Gasteiger partial charge < -0.3 is 15.3 Å². The Hall–Kier alpha value is -3.35. The number of aliphatic hydroxyl groups excluding tert-OH is 2. The van der Waals surface area contributed by atoms with Gasteiger partial charge in [0.05, 0.1) is 30.0 Å². The van der Waals surface area contributed by atoms with E-state index in [0.29, 0.717) is 0 Å². The number of halogens is 1. The molecule has 0 spiro atoms. The molecule has 200 valence electrons. The van der Waals surface area contributed by atoms with Crippen molar-refractivity contribution in [2.75, 3.05) is 0 Å². The fourth-order valence-electron chi connectivity index (χ4n) is 5.29. The van der Waals surface area contributed by atoms with Crippen molar-refractivity contribution >= 4 is 12.0 Å². The highest BCUT2D eigenvalue weighted by Crippen LogP contribution is 2.42. The van der Waals surface area contributed by atoms with Crippen LogP contribution in [0, 0.1) is 19.7 Å². The number of carboxylic acid groups (broad SMARTS) is 1. The Morgan fingerprint density at radius 1 is 1.08 bits per heavy atom. The molecule has 1 aromatic heterocycles. The highest BCUT2D eigenvalue weighted by Gasteiger charge is 2.26. The number of aryl methyl sites for hydroxylation is 3. The summed E-state index contributed by atoms with van der Waals surface area (Å²) in [6.45, 7) is 8.39. The lowest BCUT2D eigenvalue weighted by Crippen LogP contribution is -2.19. The van der Waals surface area contributed by atoms with Crippen LogP contribution in [-0.4, -0.2) is 38.5 Å². The Morgan fingerprint density at radius 3 is 2.42 bits per heavy atom. The zero-order valence-corrected chi connectivity index (χ0v) is 22.5. The summed E-state index contributed by atoms with van der Waals surface area (Å²) in [5.41, 5.74) is 10.5. The average Bonchev–Trinajstić information content (AvgIpc) is 3.01. The van der Waals surface area contributed by atoms with E-state index in [0.717, 1.165) is 58.5 Å². The first-order valence-corrected chi connectivity index (χ1v) is 13.2. The molecule has 4 rings (SSSR count). The van der Waals surface area contributed by atoms with Crippen LogP contribution in [0.25, 0.3) is 28.5 Å². The number of hydrogen-bond acceptors (Lipinski definition) is 4. The Balaban J connectivity index is 1.93. The van der Waals surface area contributed by atoms with Gasteiger partial charge in [0.1, 0.15) is 5.82 Å². The lowest BCUT2D eigenvalue weighted by atomic mass is 9.86. The Labute approximate surface area is 223 Å². The molecule has 0 aliphatic heterocycles. The predicted octanol–water partition coefficient (Wildman–Crippen LogP) is 6.38. The van der Waals surface area contributed by atoms with Crippen LogP contribution in [0.15, 0.2) is 42.5 Å². The van der Waals surface area contributed by atoms with Crippen LogP contribution in [0.1, 0.15) is 72.5 Å². The van der Waals surface area contributed by atoms with Gasteiger partial charge in [0.25, 0.3) is 0 Å². The van der Waals surface area contributed by atoms with Gasteiger partial charge in [0, 0.05) is 17.5 Å². The van der Waals surface area contributed by atoms with E-state index in [4.69, 9.17) is 10.1 Å². The van der Waals surface area contributed by atoms with Crippen LogP contribution in [0.5, 0.6) is 0 Å². The number of aliphatic carboxylic acids is 1. The monoisotopic (exact) mass is 517 g/mol. The number of aromatic nitrogens is 1. The maximum absolute atomic E-state index is 13.9. The predicted molar refractivity (Wildman–Crippen MR) is 149 cm³/mol. The summed E-state index contributed by atoms with van der Waals surface area (Å²) < 4.78 is 13.9. The first-order valence-electron chi connectivity index (χ1n) is 13.2. The maximum Gasteiger partial charge on any atom is 0.305 e. The Kier molecular flexibility index (Phi) is 8.44. The third-order valence-corrected chi connectivity index (χ3v) is 7.30. The van der Waals surface area contributed by atoms with Crippen molar-refractivity contribution in [2.45, 2.75) is 77.9 Å². The molecule has 3 aromatic rings. The van der Waals surface area contributed by atoms with E-state index in [2.05, 4.69) is 39.8 Å². The standard InChI is InChI=1S/C32H36FNO4/c1-18(2)31-27(13-12-24(35)16-25(36)17-29(37)38)30(21-8-10-23(33)11-9-21)26-7-5-6-22-14-19(3)20(4)15-28(22)32(26)34-31/h8-15,18,24-25,35-36H,5-7,16-17H2,1-4H3,(H,37,38)/b13-12+/t24-,25-/m1/s1. The fourth-order valence-corrected chi connectivity index (χ4v) is 5.29. The lowest BCUT2D eigenvalue weighted by molar-refractivity contribution is -0.139. The van der Waals surface area contributed by atoms with Crippen LogP contribution in [0.3, 0.4) is 0 Å². The van der Waals surface area contributed by atoms with Crippen molar-refractivity contribution < 1.29 is 24.5 Å². The third kappa shape index (κ3) is 6.03. The number of benzene rings is 2. The van der Waals surface area contributed by atoms with E-state index in [1.54, 1.807) is 18.2 Å². The van der Waals surface area contributed by atoms with Crippen molar-refractivity contribution in [1.29, 1.82) is 0 Å². The number of pyridine rings is 1. The van der Waals surface area contributed by atoms with Crippen LogP contribution in [0.2, 0.25) is 0 Å². The molecule has 0 saturated carbocycles. The second-order valence-corrected chi connectivity index (χ2v) is 10.6. The van der Waals surface area contributed by atoms with Gasteiger partial charge in [0.15, 0.2) is 0 Å². The summed E-state index contributed by atoms with van der Waals surface area (Å²) in [5.74, 6) is -1.36. The zero-order chi connectivity index (χ0) is 27.6. The summed E-state index contributed by atoms with van der Waals surface area (Å²) in [5, 5.41) is 29.5. The van der Waals surface area contributed by atoms with Gasteiger partial charge in [-0.1, -0.05) is 44.2 Å². The molecule has 0 unspecified atom stereocenters. The molecular weight excluding hydrogens is 481 g/mol. The highest BCUT2D eigenvalue weighted by atomic mass is 19.1. The van der Waals surface area contributed by atoms with E-state index in [-0.39, 0.29) is 18.2 Å². The van der Waals surface area contributed by atoms with Gasteiger partial charge in [-0.3, -0.25) is 9.78 Å². The Morgan fingerprint density at radius 2 is 1.76 bits per heavy atom. The second-order valence-electron chi connectivity index (χ2n) is 10.6. The molecule has 6 heteroatoms. The van der Waals surface area contributed by atoms with Gasteiger partial charge in [-0.2, -0.15) is 0 Å². The molecular formula is C32H36FNO4. The first-order chi connectivity index (χ1) is 18.0. The summed E-state index contributed by atoms with van der Waals surface area (Å²) in [7, 11) is 0. The number of aliphatic hydroxyl groups is 2. The molecule has 1 aliphatic carbocycles. The largest absolute Gasteiger partial charge is 0.481 e. The van der Waals surface area contributed by atoms with Crippen molar-refractivity contribution in [3.05, 3.63) is 81.8 Å². The fraction of sp³-hybridized carbons (Fsp3) is 0.375. The molecule has 0 saturated heterocycles. The van der Waals surface area contributed by atoms with Gasteiger partial charge >= 0.3 is 5.97 Å². The minimum Gasteiger partial charge on any atom is -0.481 e. The molecule has 3 N–H and O–H groups in total. The summed E-state index contributed by atoms with van der Waals surface area (Å²) in [6, 6.07) is 11.0. The van der Waals surface area contributed by atoms with Gasteiger partial charge in [-0.25, -0.2) is 4.39 Å². The number of nitrogens with zero attached hydrogens (tertiary/aromatic N) is 1. The number of fused-ring (bicyclic) bond motifs is 3. The van der Waals surface area contributed by atoms with E-state index in [1.165, 1.54) is 28.8 Å². The zero-order valence-electron chi connectivity index (χ0n) is 22.5. The van der Waals surface area contributed by atoms with Crippen molar-refractivity contribution in [2.24, 2.45) is 0 Å². The molecule has 1 aliphatic rings. The minimum absolute atomic E-state index is 0.0622. The van der Waals surface area contributed by atoms with E-state index >= 15 is 0 Å². The van der Waals surface area contributed by atoms with E-state index in [1.807, 2.05) is 6.08 Å². The Bertz CT molecular complexity index is 1360. The van der Waals surface area contributed by atoms with Crippen LogP contribution in [-0.2, 0) is 17.6 Å². The summed E-state index contributed by atoms with van der Waals surface area (Å²) in [6.07, 6.45) is 3.41. The summed E-state index contributed by atoms with van der Waals surface area (Å²) in [4.78, 5) is 16.1. The number of rotatable bonds is 8. The van der Waals surface area contributed by atoms with Crippen molar-refractivity contribution in [1.82, 2.24) is 4.98 Å². The average molecular weight is 518 g/mol. The minimum atomic E-state index is -1.15. The molecule has 1 heterocycles. The quantitative estimate of drug-likeness (QED) is 0.322. The van der Waals surface area contributed by atoms with Crippen LogP contribution < -0.4 is 0 Å². The smallest absolute Gasteiger partial charge is 0.305 e. The number of carbonyl (C=O) groups is 1. The van der Waals surface area contributed by atoms with Crippen molar-refractivity contribution in [3.8, 4) is 22.4 Å². The van der Waals surface area contributed by atoms with Crippen LogP contribution in [0.4, 0.5) is 4.39 Å². The SMILES string of the molecule is Cc1cc2c(cc1C)-c1nc(C(C)C)c(/C=C/[C@@H](O)C[C@@H](O)CC(=O)O)c(-c3ccc(F)cc3)c1CCC2. The van der Waals surface area contributed by atoms with Crippen LogP contribution >= 0.6 is 0 Å². The molecule has 2 aromatic carbocycles. The van der Waals surface area contributed by atoms with E-state index in [9.17, 15) is 19.4 Å². The molecule has 5 nitrogen and oxygen atoms in total. The number of hydrogen-bond donors (Lipinski definition) is 3. The molecule has 2 atom stereocenters. The third-order valence-electron chi connectivity index (χ3n) is 7.30. The van der Waals surface area contributed by atoms with Gasteiger partial charge in [-0.15, -0.1) is 0 Å². The maximum atomic E-state index is 13.9. The molecule has 0 amide bonds. The number of carboxylic acids is 1. The van der Waals surface area contributed by atoms with Crippen molar-refractivity contribution in [3.63, 3.8) is 0 Å². The van der Waals surface area contributed by atoms with Gasteiger partial charge in [-0.05, 0) is 90.6 Å². The van der Waals surface area contributed by atoms with Gasteiger partial charge in [0.2, 0.25) is 0 Å². The summed E-state index contributed by atoms with van der Waals surface area (Å²) >= 11 is 0. The highest BCUT2D eigenvalue weighted by molar-refractivity contribution is 5.86. The normalized spacial score (nSPS) is 14.7. The molecule has 0 radical (unpaired) electrons. The topological polar surface area (TPSA) is 90.7 Å². The molecule has 0 bridgehead atoms. The molecule has 0 fully saturated rings. The second kappa shape index (κ2) is 11.6. The first kappa shape index (κ1) is 27.7. The lowest BCUT2D eigenvalue weighted by Gasteiger charge is -2.22. The molecule has 38 heavy (non-hydrogen) atoms.